The molecule has 5 heteroatoms. The molecule has 0 aromatic carbocycles. The Bertz CT molecular complexity index is 619. The van der Waals surface area contributed by atoms with Crippen molar-refractivity contribution in [2.75, 3.05) is 0 Å². The van der Waals surface area contributed by atoms with Gasteiger partial charge in [0.05, 0.1) is 6.10 Å². The highest BCUT2D eigenvalue weighted by Crippen LogP contribution is 2.67. The molecule has 7 atom stereocenters. The molecule has 0 aliphatic heterocycles. The molecule has 0 saturated heterocycles. The number of ether oxygens (including phenoxy) is 1. The quantitative estimate of drug-likeness (QED) is 0.501. The molecular formula is C20H31NO4. The fourth-order valence-electron chi connectivity index (χ4n) is 7.02. The molecule has 4 N–H and O–H groups in total. The SMILES string of the molecule is C[C@]12CC[C@H](O)C=C1CC[C@@H]1[C@@H]2CC[C@@]2(C)[C@H]1CC[C@]2(O)OC(N)=O. The van der Waals surface area contributed by atoms with E-state index >= 15 is 0 Å². The van der Waals surface area contributed by atoms with Gasteiger partial charge in [-0.25, -0.2) is 4.79 Å². The minimum atomic E-state index is -1.42. The summed E-state index contributed by atoms with van der Waals surface area (Å²) in [5.41, 5.74) is 6.45. The summed E-state index contributed by atoms with van der Waals surface area (Å²) in [4.78, 5) is 11.3. The van der Waals surface area contributed by atoms with Crippen molar-refractivity contribution in [1.29, 1.82) is 0 Å². The van der Waals surface area contributed by atoms with Gasteiger partial charge >= 0.3 is 6.09 Å². The van der Waals surface area contributed by atoms with E-state index in [1.54, 1.807) is 0 Å². The molecule has 0 heterocycles. The van der Waals surface area contributed by atoms with Gasteiger partial charge in [0, 0.05) is 11.8 Å². The Morgan fingerprint density at radius 1 is 1.16 bits per heavy atom. The van der Waals surface area contributed by atoms with Crippen LogP contribution in [0.15, 0.2) is 11.6 Å². The molecule has 0 aromatic rings. The van der Waals surface area contributed by atoms with Gasteiger partial charge in [-0.05, 0) is 68.1 Å². The molecule has 3 fully saturated rings. The number of hydrogen-bond acceptors (Lipinski definition) is 4. The van der Waals surface area contributed by atoms with Crippen LogP contribution in [0.1, 0.15) is 65.2 Å². The van der Waals surface area contributed by atoms with Crippen LogP contribution in [-0.4, -0.2) is 28.2 Å². The first-order chi connectivity index (χ1) is 11.7. The molecule has 0 aromatic heterocycles. The van der Waals surface area contributed by atoms with E-state index in [-0.39, 0.29) is 11.5 Å². The van der Waals surface area contributed by atoms with Gasteiger partial charge in [-0.15, -0.1) is 0 Å². The van der Waals surface area contributed by atoms with Gasteiger partial charge in [-0.3, -0.25) is 0 Å². The van der Waals surface area contributed by atoms with E-state index in [2.05, 4.69) is 19.9 Å². The van der Waals surface area contributed by atoms with Gasteiger partial charge in [-0.2, -0.15) is 0 Å². The van der Waals surface area contributed by atoms with Crippen molar-refractivity contribution >= 4 is 6.09 Å². The van der Waals surface area contributed by atoms with E-state index in [4.69, 9.17) is 10.5 Å². The maximum atomic E-state index is 11.3. The minimum absolute atomic E-state index is 0.175. The van der Waals surface area contributed by atoms with Crippen molar-refractivity contribution < 1.29 is 19.7 Å². The number of aliphatic hydroxyl groups excluding tert-OH is 1. The Morgan fingerprint density at radius 3 is 2.60 bits per heavy atom. The second-order valence-corrected chi connectivity index (χ2v) is 9.33. The molecule has 25 heavy (non-hydrogen) atoms. The monoisotopic (exact) mass is 349 g/mol. The minimum Gasteiger partial charge on any atom is -0.417 e. The third-order valence-electron chi connectivity index (χ3n) is 8.43. The first kappa shape index (κ1) is 17.3. The fourth-order valence-corrected chi connectivity index (χ4v) is 7.02. The zero-order valence-electron chi connectivity index (χ0n) is 15.3. The molecule has 4 aliphatic carbocycles. The zero-order chi connectivity index (χ0) is 18.0. The van der Waals surface area contributed by atoms with Crippen LogP contribution in [0.3, 0.4) is 0 Å². The molecule has 3 saturated carbocycles. The van der Waals surface area contributed by atoms with Crippen molar-refractivity contribution in [3.63, 3.8) is 0 Å². The first-order valence-electron chi connectivity index (χ1n) is 9.80. The van der Waals surface area contributed by atoms with Crippen LogP contribution < -0.4 is 5.73 Å². The molecule has 1 amide bonds. The van der Waals surface area contributed by atoms with Crippen molar-refractivity contribution in [3.8, 4) is 0 Å². The van der Waals surface area contributed by atoms with E-state index in [1.807, 2.05) is 0 Å². The first-order valence-corrected chi connectivity index (χ1v) is 9.80. The van der Waals surface area contributed by atoms with Crippen LogP contribution in [0.25, 0.3) is 0 Å². The van der Waals surface area contributed by atoms with E-state index in [0.29, 0.717) is 24.2 Å². The Hall–Kier alpha value is -1.07. The smallest absolute Gasteiger partial charge is 0.407 e. The molecule has 0 spiro atoms. The predicted octanol–water partition coefficient (Wildman–Crippen LogP) is 3.09. The largest absolute Gasteiger partial charge is 0.417 e. The fraction of sp³-hybridized carbons (Fsp3) is 0.850. The lowest BCUT2D eigenvalue weighted by molar-refractivity contribution is -0.244. The summed E-state index contributed by atoms with van der Waals surface area (Å²) in [6.45, 7) is 4.47. The molecule has 4 rings (SSSR count). The van der Waals surface area contributed by atoms with Crippen molar-refractivity contribution in [3.05, 3.63) is 11.6 Å². The molecular weight excluding hydrogens is 318 g/mol. The highest BCUT2D eigenvalue weighted by molar-refractivity contribution is 5.65. The number of hydrogen-bond donors (Lipinski definition) is 3. The van der Waals surface area contributed by atoms with Crippen LogP contribution >= 0.6 is 0 Å². The number of nitrogens with two attached hydrogens (primary N) is 1. The summed E-state index contributed by atoms with van der Waals surface area (Å²) in [5.74, 6) is 0.0744. The van der Waals surface area contributed by atoms with Crippen LogP contribution in [-0.2, 0) is 4.74 Å². The maximum absolute atomic E-state index is 11.3. The Kier molecular flexibility index (Phi) is 3.79. The number of carbonyl (C=O) groups is 1. The Morgan fingerprint density at radius 2 is 1.88 bits per heavy atom. The summed E-state index contributed by atoms with van der Waals surface area (Å²) in [6, 6.07) is 0. The highest BCUT2D eigenvalue weighted by atomic mass is 16.7. The zero-order valence-corrected chi connectivity index (χ0v) is 15.3. The second-order valence-electron chi connectivity index (χ2n) is 9.33. The van der Waals surface area contributed by atoms with Gasteiger partial charge in [0.25, 0.3) is 0 Å². The summed E-state index contributed by atoms with van der Waals surface area (Å²) in [5, 5.41) is 21.1. The average molecular weight is 349 g/mol. The predicted molar refractivity (Wildman–Crippen MR) is 93.3 cm³/mol. The number of rotatable bonds is 1. The van der Waals surface area contributed by atoms with Crippen LogP contribution in [0, 0.1) is 28.6 Å². The van der Waals surface area contributed by atoms with E-state index in [1.165, 1.54) is 5.57 Å². The van der Waals surface area contributed by atoms with E-state index < -0.39 is 17.3 Å². The van der Waals surface area contributed by atoms with Crippen molar-refractivity contribution in [2.24, 2.45) is 34.3 Å². The molecule has 0 radical (unpaired) electrons. The lowest BCUT2D eigenvalue weighted by atomic mass is 9.47. The number of primary amides is 1. The van der Waals surface area contributed by atoms with Gasteiger partial charge in [-0.1, -0.05) is 25.5 Å². The number of fused-ring (bicyclic) bond motifs is 5. The van der Waals surface area contributed by atoms with E-state index in [0.717, 1.165) is 44.9 Å². The standard InChI is InChI=1S/C20H31NO4/c1-18-8-5-13(22)11-12(18)3-4-14-15(18)6-9-19(2)16(14)7-10-20(19,24)25-17(21)23/h11,13-16,22,24H,3-10H2,1-2H3,(H2,21,23)/t13-,14+,15-,16-,18-,19-,20-/m0/s1. The molecule has 4 aliphatic rings. The van der Waals surface area contributed by atoms with Crippen LogP contribution in [0.4, 0.5) is 4.79 Å². The number of allylic oxidation sites excluding steroid dienone is 1. The maximum Gasteiger partial charge on any atom is 0.407 e. The highest BCUT2D eigenvalue weighted by Gasteiger charge is 2.65. The molecule has 0 bridgehead atoms. The number of aliphatic hydroxyl groups is 2. The molecule has 5 nitrogen and oxygen atoms in total. The number of carbonyl (C=O) groups excluding carboxylic acids is 1. The van der Waals surface area contributed by atoms with E-state index in [9.17, 15) is 15.0 Å². The summed E-state index contributed by atoms with van der Waals surface area (Å²) < 4.78 is 5.25. The van der Waals surface area contributed by atoms with Gasteiger partial charge in [0.1, 0.15) is 0 Å². The Labute approximate surface area is 149 Å². The molecule has 0 unspecified atom stereocenters. The number of amides is 1. The van der Waals surface area contributed by atoms with Crippen LogP contribution in [0.2, 0.25) is 0 Å². The van der Waals surface area contributed by atoms with Crippen molar-refractivity contribution in [2.45, 2.75) is 77.1 Å². The van der Waals surface area contributed by atoms with Gasteiger partial charge < -0.3 is 20.7 Å². The summed E-state index contributed by atoms with van der Waals surface area (Å²) >= 11 is 0. The van der Waals surface area contributed by atoms with Crippen molar-refractivity contribution in [1.82, 2.24) is 0 Å². The third-order valence-corrected chi connectivity index (χ3v) is 8.43. The second kappa shape index (κ2) is 5.46. The van der Waals surface area contributed by atoms with Gasteiger partial charge in [0.15, 0.2) is 0 Å². The summed E-state index contributed by atoms with van der Waals surface area (Å²) in [7, 11) is 0. The lowest BCUT2D eigenvalue weighted by Crippen LogP contribution is -2.56. The third kappa shape index (κ3) is 2.31. The lowest BCUT2D eigenvalue weighted by Gasteiger charge is -2.58. The summed E-state index contributed by atoms with van der Waals surface area (Å²) in [6.07, 6.45) is 8.24. The Balaban J connectivity index is 1.65. The average Bonchev–Trinajstić information content (AvgIpc) is 2.79. The van der Waals surface area contributed by atoms with Gasteiger partial charge in [0.2, 0.25) is 5.79 Å². The normalized spacial score (nSPS) is 51.8. The van der Waals surface area contributed by atoms with Crippen LogP contribution in [0.5, 0.6) is 0 Å². The topological polar surface area (TPSA) is 92.8 Å². The molecule has 140 valence electrons.